The highest BCUT2D eigenvalue weighted by Crippen LogP contribution is 2.22. The number of imidazole rings is 1. The van der Waals surface area contributed by atoms with Gasteiger partial charge in [0.1, 0.15) is 11.6 Å². The number of amides is 1. The van der Waals surface area contributed by atoms with E-state index in [9.17, 15) is 13.2 Å². The van der Waals surface area contributed by atoms with E-state index in [1.807, 2.05) is 25.5 Å². The molecule has 0 aliphatic carbocycles. The second-order valence-corrected chi connectivity index (χ2v) is 9.48. The van der Waals surface area contributed by atoms with Crippen LogP contribution in [0.3, 0.4) is 0 Å². The number of aryl methyl sites for hydroxylation is 2. The molecule has 3 aromatic rings. The van der Waals surface area contributed by atoms with Crippen molar-refractivity contribution in [2.75, 3.05) is 19.4 Å². The molecule has 0 radical (unpaired) electrons. The third-order valence-corrected chi connectivity index (χ3v) is 6.54. The van der Waals surface area contributed by atoms with Gasteiger partial charge < -0.3 is 9.88 Å². The van der Waals surface area contributed by atoms with Crippen molar-refractivity contribution < 1.29 is 13.2 Å². The van der Waals surface area contributed by atoms with Crippen molar-refractivity contribution in [3.05, 3.63) is 36.3 Å². The van der Waals surface area contributed by atoms with Gasteiger partial charge in [-0.05, 0) is 32.0 Å². The lowest BCUT2D eigenvalue weighted by Crippen LogP contribution is -2.22. The molecule has 0 saturated carbocycles. The molecule has 0 aliphatic rings. The van der Waals surface area contributed by atoms with Crippen LogP contribution >= 0.6 is 0 Å². The van der Waals surface area contributed by atoms with Crippen molar-refractivity contribution in [3.8, 4) is 0 Å². The predicted octanol–water partition coefficient (Wildman–Crippen LogP) is 2.17. The van der Waals surface area contributed by atoms with Crippen LogP contribution in [-0.2, 0) is 28.3 Å². The largest absolute Gasteiger partial charge is 0.331 e. The molecule has 29 heavy (non-hydrogen) atoms. The van der Waals surface area contributed by atoms with Crippen LogP contribution in [0.25, 0.3) is 11.0 Å². The fraction of sp³-hybridized carbons (Fsp3) is 0.421. The van der Waals surface area contributed by atoms with Crippen molar-refractivity contribution in [2.45, 2.75) is 37.6 Å². The number of rotatable bonds is 7. The summed E-state index contributed by atoms with van der Waals surface area (Å²) >= 11 is 0. The Kier molecular flexibility index (Phi) is 5.76. The standard InChI is InChI=1S/C19H26N6O3S/c1-13(2)25-18(10-11-20-25)22-19(26)9-8-17-21-15-12-14(29(27,28)23(3)4)6-7-16(15)24(17)5/h6-7,10-13H,8-9H2,1-5H3,(H,22,26). The number of carbonyl (C=O) groups excluding carboxylic acids is 1. The van der Waals surface area contributed by atoms with Crippen molar-refractivity contribution in [1.82, 2.24) is 23.6 Å². The Morgan fingerprint density at radius 2 is 1.97 bits per heavy atom. The number of carbonyl (C=O) groups is 1. The van der Waals surface area contributed by atoms with Gasteiger partial charge in [-0.2, -0.15) is 5.10 Å². The van der Waals surface area contributed by atoms with E-state index < -0.39 is 10.0 Å². The molecule has 156 valence electrons. The zero-order valence-electron chi connectivity index (χ0n) is 17.2. The number of aromatic nitrogens is 4. The van der Waals surface area contributed by atoms with Crippen LogP contribution in [0.4, 0.5) is 5.82 Å². The smallest absolute Gasteiger partial charge is 0.242 e. The van der Waals surface area contributed by atoms with Gasteiger partial charge in [-0.15, -0.1) is 0 Å². The lowest BCUT2D eigenvalue weighted by atomic mass is 10.3. The molecule has 0 unspecified atom stereocenters. The van der Waals surface area contributed by atoms with Gasteiger partial charge >= 0.3 is 0 Å². The molecular weight excluding hydrogens is 392 g/mol. The Balaban J connectivity index is 1.76. The molecule has 0 saturated heterocycles. The number of anilines is 1. The Bertz CT molecular complexity index is 1140. The molecule has 0 spiro atoms. The highest BCUT2D eigenvalue weighted by Gasteiger charge is 2.19. The quantitative estimate of drug-likeness (QED) is 0.634. The fourth-order valence-electron chi connectivity index (χ4n) is 3.08. The summed E-state index contributed by atoms with van der Waals surface area (Å²) < 4.78 is 29.5. The lowest BCUT2D eigenvalue weighted by Gasteiger charge is -2.11. The Morgan fingerprint density at radius 3 is 2.62 bits per heavy atom. The maximum atomic E-state index is 12.4. The lowest BCUT2D eigenvalue weighted by molar-refractivity contribution is -0.116. The van der Waals surface area contributed by atoms with Gasteiger partial charge in [0.05, 0.1) is 22.1 Å². The monoisotopic (exact) mass is 418 g/mol. The summed E-state index contributed by atoms with van der Waals surface area (Å²) in [5.41, 5.74) is 1.40. The first-order chi connectivity index (χ1) is 13.6. The minimum Gasteiger partial charge on any atom is -0.331 e. The summed E-state index contributed by atoms with van der Waals surface area (Å²) in [5, 5.41) is 7.08. The minimum atomic E-state index is -3.53. The normalized spacial score (nSPS) is 12.2. The molecule has 9 nitrogen and oxygen atoms in total. The van der Waals surface area contributed by atoms with E-state index in [4.69, 9.17) is 0 Å². The maximum absolute atomic E-state index is 12.4. The zero-order valence-corrected chi connectivity index (χ0v) is 18.1. The predicted molar refractivity (Wildman–Crippen MR) is 111 cm³/mol. The summed E-state index contributed by atoms with van der Waals surface area (Å²) in [5.74, 6) is 1.25. The zero-order chi connectivity index (χ0) is 21.3. The van der Waals surface area contributed by atoms with Crippen LogP contribution in [0, 0.1) is 0 Å². The van der Waals surface area contributed by atoms with Crippen LogP contribution in [0.2, 0.25) is 0 Å². The van der Waals surface area contributed by atoms with Gasteiger partial charge in [0.15, 0.2) is 0 Å². The van der Waals surface area contributed by atoms with E-state index in [2.05, 4.69) is 15.4 Å². The van der Waals surface area contributed by atoms with Crippen LogP contribution in [0.5, 0.6) is 0 Å². The van der Waals surface area contributed by atoms with E-state index in [1.54, 1.807) is 35.1 Å². The van der Waals surface area contributed by atoms with E-state index in [0.717, 1.165) is 5.52 Å². The number of benzene rings is 1. The van der Waals surface area contributed by atoms with Crippen molar-refractivity contribution in [3.63, 3.8) is 0 Å². The molecule has 2 aromatic heterocycles. The van der Waals surface area contributed by atoms with Crippen molar-refractivity contribution in [2.24, 2.45) is 7.05 Å². The molecule has 0 fully saturated rings. The molecule has 3 rings (SSSR count). The third kappa shape index (κ3) is 4.18. The number of nitrogens with zero attached hydrogens (tertiary/aromatic N) is 5. The Labute approximate surface area is 170 Å². The van der Waals surface area contributed by atoms with Crippen molar-refractivity contribution >= 4 is 32.8 Å². The van der Waals surface area contributed by atoms with Gasteiger partial charge in [0.25, 0.3) is 0 Å². The number of fused-ring (bicyclic) bond motifs is 1. The average molecular weight is 419 g/mol. The fourth-order valence-corrected chi connectivity index (χ4v) is 4.00. The second-order valence-electron chi connectivity index (χ2n) is 7.33. The third-order valence-electron chi connectivity index (χ3n) is 4.73. The first-order valence-electron chi connectivity index (χ1n) is 9.32. The van der Waals surface area contributed by atoms with Crippen LogP contribution in [0.1, 0.15) is 32.1 Å². The number of sulfonamides is 1. The van der Waals surface area contributed by atoms with Crippen molar-refractivity contribution in [1.29, 1.82) is 0 Å². The Morgan fingerprint density at radius 1 is 1.24 bits per heavy atom. The maximum Gasteiger partial charge on any atom is 0.242 e. The van der Waals surface area contributed by atoms with Gasteiger partial charge in [0.2, 0.25) is 15.9 Å². The SMILES string of the molecule is CC(C)n1nccc1NC(=O)CCc1nc2cc(S(=O)(=O)N(C)C)ccc2n1C. The summed E-state index contributed by atoms with van der Waals surface area (Å²) in [7, 11) is 1.32. The average Bonchev–Trinajstić information content (AvgIpc) is 3.24. The molecule has 2 heterocycles. The molecule has 0 atom stereocenters. The van der Waals surface area contributed by atoms with Gasteiger partial charge in [-0.3, -0.25) is 4.79 Å². The van der Waals surface area contributed by atoms with Crippen LogP contribution in [-0.4, -0.2) is 52.1 Å². The first kappa shape index (κ1) is 21.0. The topological polar surface area (TPSA) is 102 Å². The highest BCUT2D eigenvalue weighted by atomic mass is 32.2. The molecule has 0 bridgehead atoms. The van der Waals surface area contributed by atoms with E-state index in [0.29, 0.717) is 23.6 Å². The van der Waals surface area contributed by atoms with Gasteiger partial charge in [-0.25, -0.2) is 22.4 Å². The number of hydrogen-bond acceptors (Lipinski definition) is 5. The van der Waals surface area contributed by atoms with Crippen LogP contribution in [0.15, 0.2) is 35.4 Å². The summed E-state index contributed by atoms with van der Waals surface area (Å²) in [4.78, 5) is 17.1. The van der Waals surface area contributed by atoms with Gasteiger partial charge in [0, 0.05) is 46.1 Å². The van der Waals surface area contributed by atoms with E-state index >= 15 is 0 Å². The Hall–Kier alpha value is -2.72. The molecule has 0 aliphatic heterocycles. The summed E-state index contributed by atoms with van der Waals surface area (Å²) in [6.07, 6.45) is 2.34. The molecule has 10 heteroatoms. The molecular formula is C19H26N6O3S. The second kappa shape index (κ2) is 7.96. The van der Waals surface area contributed by atoms with E-state index in [1.165, 1.54) is 18.4 Å². The minimum absolute atomic E-state index is 0.129. The van der Waals surface area contributed by atoms with E-state index in [-0.39, 0.29) is 23.3 Å². The molecule has 1 amide bonds. The summed E-state index contributed by atoms with van der Waals surface area (Å²) in [6.45, 7) is 3.99. The van der Waals surface area contributed by atoms with Crippen LogP contribution < -0.4 is 5.32 Å². The highest BCUT2D eigenvalue weighted by molar-refractivity contribution is 7.89. The summed E-state index contributed by atoms with van der Waals surface area (Å²) in [6, 6.07) is 6.79. The number of hydrogen-bond donors (Lipinski definition) is 1. The molecule has 1 N–H and O–H groups in total. The molecule has 1 aromatic carbocycles. The first-order valence-corrected chi connectivity index (χ1v) is 10.8. The number of nitrogens with one attached hydrogen (secondary N) is 1. The van der Waals surface area contributed by atoms with Gasteiger partial charge in [-0.1, -0.05) is 0 Å².